The first-order chi connectivity index (χ1) is 21.1. The lowest BCUT2D eigenvalue weighted by molar-refractivity contribution is -0.659. The summed E-state index contributed by atoms with van der Waals surface area (Å²) in [5, 5.41) is 4.38. The van der Waals surface area contributed by atoms with Crippen molar-refractivity contribution in [2.24, 2.45) is 7.05 Å². The molecule has 5 heteroatoms. The van der Waals surface area contributed by atoms with Crippen molar-refractivity contribution in [3.05, 3.63) is 133 Å². The second kappa shape index (κ2) is 10.00. The highest BCUT2D eigenvalue weighted by Crippen LogP contribution is 2.38. The smallest absolute Gasteiger partial charge is 0.228 e. The third-order valence-corrected chi connectivity index (χ3v) is 8.07. The number of pyridine rings is 2. The Kier molecular flexibility index (Phi) is 5.83. The van der Waals surface area contributed by atoms with Gasteiger partial charge in [-0.15, -0.1) is 0 Å². The van der Waals surface area contributed by atoms with Gasteiger partial charge < -0.3 is 4.42 Å². The van der Waals surface area contributed by atoms with E-state index in [0.717, 1.165) is 55.7 Å². The molecular formula is C38H27N4O+. The molecule has 0 atom stereocenters. The van der Waals surface area contributed by atoms with Crippen LogP contribution in [-0.2, 0) is 7.05 Å². The second-order valence-electron chi connectivity index (χ2n) is 10.9. The number of fused-ring (bicyclic) bond motifs is 4. The van der Waals surface area contributed by atoms with Crippen LogP contribution in [0.4, 0.5) is 0 Å². The quantitative estimate of drug-likeness (QED) is 0.204. The van der Waals surface area contributed by atoms with Gasteiger partial charge in [-0.25, -0.2) is 19.5 Å². The fraction of sp³-hybridized carbons (Fsp3) is 0.0526. The van der Waals surface area contributed by atoms with Crippen LogP contribution in [0.5, 0.6) is 0 Å². The van der Waals surface area contributed by atoms with Crippen LogP contribution < -0.4 is 4.57 Å². The standard InChI is InChI=1S/C38H27N4O/c1-24-17-18-29-30-19-20-31(37-39-32(25-11-5-3-6-12-25)22-33(40-37)26-13-7-4-8-14-26)41-38(30)43-36(29)35(24)34-21-27-15-9-10-16-28(27)23-42(34)2/h3-23H,1-2H3/q+1. The van der Waals surface area contributed by atoms with E-state index in [0.29, 0.717) is 17.2 Å². The lowest BCUT2D eigenvalue weighted by atomic mass is 9.99. The molecule has 4 aromatic carbocycles. The Hall–Kier alpha value is -5.68. The molecule has 8 aromatic rings. The number of hydrogen-bond donors (Lipinski definition) is 0. The molecule has 0 aliphatic heterocycles. The topological polar surface area (TPSA) is 55.7 Å². The normalized spacial score (nSPS) is 11.5. The van der Waals surface area contributed by atoms with Gasteiger partial charge in [0.25, 0.3) is 0 Å². The van der Waals surface area contributed by atoms with Crippen LogP contribution in [0.1, 0.15) is 5.56 Å². The zero-order valence-electron chi connectivity index (χ0n) is 23.8. The third-order valence-electron chi connectivity index (χ3n) is 8.07. The van der Waals surface area contributed by atoms with Gasteiger partial charge in [0.15, 0.2) is 17.6 Å². The van der Waals surface area contributed by atoms with Gasteiger partial charge in [-0.2, -0.15) is 0 Å². The maximum atomic E-state index is 6.60. The zero-order valence-corrected chi connectivity index (χ0v) is 23.8. The van der Waals surface area contributed by atoms with Crippen molar-refractivity contribution in [2.45, 2.75) is 6.92 Å². The third kappa shape index (κ3) is 4.34. The highest BCUT2D eigenvalue weighted by Gasteiger charge is 2.22. The Bertz CT molecular complexity index is 2250. The SMILES string of the molecule is Cc1ccc2c(oc3nc(-c4nc(-c5ccccc5)cc(-c5ccccc5)n4)ccc32)c1-c1cc2ccccc2c[n+]1C. The molecule has 0 aliphatic rings. The van der Waals surface area contributed by atoms with E-state index in [1.807, 2.05) is 48.5 Å². The van der Waals surface area contributed by atoms with Gasteiger partial charge >= 0.3 is 0 Å². The van der Waals surface area contributed by atoms with E-state index in [-0.39, 0.29) is 0 Å². The van der Waals surface area contributed by atoms with Crippen molar-refractivity contribution < 1.29 is 8.98 Å². The molecule has 0 fully saturated rings. The van der Waals surface area contributed by atoms with Crippen LogP contribution in [0, 0.1) is 6.92 Å². The molecule has 0 aliphatic carbocycles. The molecule has 0 saturated heterocycles. The molecule has 0 unspecified atom stereocenters. The van der Waals surface area contributed by atoms with Crippen LogP contribution in [0.25, 0.3) is 78.1 Å². The summed E-state index contributed by atoms with van der Waals surface area (Å²) in [6.45, 7) is 2.13. The van der Waals surface area contributed by atoms with Crippen LogP contribution in [-0.4, -0.2) is 15.0 Å². The van der Waals surface area contributed by atoms with Gasteiger partial charge in [-0.1, -0.05) is 91.0 Å². The number of aryl methyl sites for hydroxylation is 2. The van der Waals surface area contributed by atoms with E-state index in [1.54, 1.807) is 0 Å². The molecule has 0 saturated carbocycles. The average molecular weight is 556 g/mol. The van der Waals surface area contributed by atoms with Gasteiger partial charge in [0, 0.05) is 33.4 Å². The van der Waals surface area contributed by atoms with Crippen molar-refractivity contribution in [3.8, 4) is 45.3 Å². The number of furan rings is 1. The van der Waals surface area contributed by atoms with E-state index in [4.69, 9.17) is 19.4 Å². The molecule has 4 heterocycles. The summed E-state index contributed by atoms with van der Waals surface area (Å²) >= 11 is 0. The number of hydrogen-bond acceptors (Lipinski definition) is 4. The van der Waals surface area contributed by atoms with Crippen molar-refractivity contribution in [1.29, 1.82) is 0 Å². The maximum Gasteiger partial charge on any atom is 0.228 e. The predicted octanol–water partition coefficient (Wildman–Crippen LogP) is 8.73. The van der Waals surface area contributed by atoms with Gasteiger partial charge in [0.05, 0.1) is 17.0 Å². The Labute approximate surface area is 248 Å². The summed E-state index contributed by atoms with van der Waals surface area (Å²) in [4.78, 5) is 14.9. The van der Waals surface area contributed by atoms with E-state index in [1.165, 1.54) is 10.8 Å². The highest BCUT2D eigenvalue weighted by molar-refractivity contribution is 6.09. The minimum atomic E-state index is 0.555. The van der Waals surface area contributed by atoms with E-state index in [2.05, 4.69) is 97.5 Å². The van der Waals surface area contributed by atoms with Gasteiger partial charge in [-0.05, 0) is 42.1 Å². The zero-order chi connectivity index (χ0) is 28.9. The molecular weight excluding hydrogens is 528 g/mol. The summed E-state index contributed by atoms with van der Waals surface area (Å²) in [6.07, 6.45) is 2.17. The summed E-state index contributed by atoms with van der Waals surface area (Å²) in [7, 11) is 2.08. The number of aromatic nitrogens is 4. The van der Waals surface area contributed by atoms with Crippen LogP contribution in [0.15, 0.2) is 132 Å². The molecule has 0 radical (unpaired) electrons. The average Bonchev–Trinajstić information content (AvgIpc) is 3.43. The molecule has 0 amide bonds. The largest absolute Gasteiger partial charge is 0.437 e. The second-order valence-corrected chi connectivity index (χ2v) is 10.9. The molecule has 0 N–H and O–H groups in total. The number of benzene rings is 4. The first-order valence-corrected chi connectivity index (χ1v) is 14.3. The molecule has 8 rings (SSSR count). The van der Waals surface area contributed by atoms with E-state index < -0.39 is 0 Å². The Morgan fingerprint density at radius 2 is 1.21 bits per heavy atom. The molecule has 0 bridgehead atoms. The minimum Gasteiger partial charge on any atom is -0.437 e. The molecule has 4 aromatic heterocycles. The van der Waals surface area contributed by atoms with Crippen molar-refractivity contribution >= 4 is 32.8 Å². The molecule has 5 nitrogen and oxygen atoms in total. The van der Waals surface area contributed by atoms with Gasteiger partial charge in [-0.3, -0.25) is 0 Å². The number of rotatable bonds is 4. The van der Waals surface area contributed by atoms with Crippen LogP contribution in [0.2, 0.25) is 0 Å². The van der Waals surface area contributed by atoms with Crippen LogP contribution in [0.3, 0.4) is 0 Å². The highest BCUT2D eigenvalue weighted by atomic mass is 16.3. The summed E-state index contributed by atoms with van der Waals surface area (Å²) < 4.78 is 8.77. The van der Waals surface area contributed by atoms with Crippen molar-refractivity contribution in [1.82, 2.24) is 15.0 Å². The Morgan fingerprint density at radius 3 is 1.91 bits per heavy atom. The molecule has 0 spiro atoms. The minimum absolute atomic E-state index is 0.555. The lowest BCUT2D eigenvalue weighted by Gasteiger charge is -2.08. The monoisotopic (exact) mass is 555 g/mol. The summed E-state index contributed by atoms with van der Waals surface area (Å²) in [5.74, 6) is 0.555. The lowest BCUT2D eigenvalue weighted by Crippen LogP contribution is -2.30. The van der Waals surface area contributed by atoms with Crippen LogP contribution >= 0.6 is 0 Å². The van der Waals surface area contributed by atoms with E-state index >= 15 is 0 Å². The van der Waals surface area contributed by atoms with Gasteiger partial charge in [0.2, 0.25) is 11.4 Å². The van der Waals surface area contributed by atoms with Crippen molar-refractivity contribution in [3.63, 3.8) is 0 Å². The summed E-state index contributed by atoms with van der Waals surface area (Å²) in [5.41, 5.74) is 9.10. The predicted molar refractivity (Wildman–Crippen MR) is 172 cm³/mol. The molecule has 204 valence electrons. The Morgan fingerprint density at radius 1 is 0.581 bits per heavy atom. The van der Waals surface area contributed by atoms with Gasteiger partial charge in [0.1, 0.15) is 12.7 Å². The fourth-order valence-corrected chi connectivity index (χ4v) is 5.87. The Balaban J connectivity index is 1.32. The maximum absolute atomic E-state index is 6.60. The first-order valence-electron chi connectivity index (χ1n) is 14.3. The van der Waals surface area contributed by atoms with Crippen molar-refractivity contribution in [2.75, 3.05) is 0 Å². The molecule has 43 heavy (non-hydrogen) atoms. The first kappa shape index (κ1) is 25.1. The van der Waals surface area contributed by atoms with E-state index in [9.17, 15) is 0 Å². The summed E-state index contributed by atoms with van der Waals surface area (Å²) in [6, 6.07) is 41.4. The fourth-order valence-electron chi connectivity index (χ4n) is 5.87. The number of nitrogens with zero attached hydrogens (tertiary/aromatic N) is 4.